The number of amides is 1. The maximum Gasteiger partial charge on any atom is 0.325 e. The lowest BCUT2D eigenvalue weighted by atomic mass is 9.84. The minimum absolute atomic E-state index is 0.0969. The molecule has 1 rings (SSSR count). The van der Waals surface area contributed by atoms with Crippen molar-refractivity contribution in [3.05, 3.63) is 0 Å². The summed E-state index contributed by atoms with van der Waals surface area (Å²) in [5.41, 5.74) is 0. The Morgan fingerprint density at radius 2 is 2.07 bits per heavy atom. The van der Waals surface area contributed by atoms with Gasteiger partial charge in [-0.1, -0.05) is 13.3 Å². The maximum atomic E-state index is 11.9. The highest BCUT2D eigenvalue weighted by atomic mass is 16.5. The minimum atomic E-state index is -0.337. The maximum absolute atomic E-state index is 11.9. The van der Waals surface area contributed by atoms with E-state index in [0.717, 1.165) is 25.7 Å². The molecule has 0 spiro atoms. The zero-order valence-corrected chi connectivity index (χ0v) is 9.49. The Morgan fingerprint density at radius 3 is 2.47 bits per heavy atom. The fraction of sp³-hybridized carbons (Fsp3) is 0.818. The summed E-state index contributed by atoms with van der Waals surface area (Å²) >= 11 is 0. The number of carbonyl (C=O) groups is 2. The van der Waals surface area contributed by atoms with Crippen LogP contribution in [0.4, 0.5) is 0 Å². The van der Waals surface area contributed by atoms with Crippen molar-refractivity contribution >= 4 is 11.9 Å². The third-order valence-corrected chi connectivity index (χ3v) is 2.81. The van der Waals surface area contributed by atoms with E-state index >= 15 is 0 Å². The molecule has 0 bridgehead atoms. The lowest BCUT2D eigenvalue weighted by Gasteiger charge is -2.30. The summed E-state index contributed by atoms with van der Waals surface area (Å²) in [7, 11) is 1.35. The Bertz CT molecular complexity index is 236. The van der Waals surface area contributed by atoms with Crippen molar-refractivity contribution in [2.24, 2.45) is 5.92 Å². The first-order chi connectivity index (χ1) is 7.19. The van der Waals surface area contributed by atoms with E-state index in [1.807, 2.05) is 6.92 Å². The Kier molecular flexibility index (Phi) is 4.59. The van der Waals surface area contributed by atoms with Gasteiger partial charge in [-0.15, -0.1) is 0 Å². The van der Waals surface area contributed by atoms with E-state index in [-0.39, 0.29) is 24.3 Å². The van der Waals surface area contributed by atoms with Gasteiger partial charge in [-0.3, -0.25) is 9.59 Å². The first kappa shape index (κ1) is 12.0. The van der Waals surface area contributed by atoms with Crippen LogP contribution in [-0.4, -0.2) is 37.0 Å². The molecule has 0 aliphatic heterocycles. The van der Waals surface area contributed by atoms with E-state index in [9.17, 15) is 9.59 Å². The van der Waals surface area contributed by atoms with Crippen molar-refractivity contribution in [3.63, 3.8) is 0 Å². The SMILES string of the molecule is CCCN(CC(=O)OC)C(=O)C1CCC1. The second-order valence-electron chi connectivity index (χ2n) is 3.96. The molecule has 1 aliphatic carbocycles. The second-order valence-corrected chi connectivity index (χ2v) is 3.96. The highest BCUT2D eigenvalue weighted by Crippen LogP contribution is 2.28. The van der Waals surface area contributed by atoms with Gasteiger partial charge >= 0.3 is 5.97 Å². The molecule has 4 nitrogen and oxygen atoms in total. The van der Waals surface area contributed by atoms with E-state index in [1.165, 1.54) is 7.11 Å². The summed E-state index contributed by atoms with van der Waals surface area (Å²) in [5.74, 6) is -0.0640. The van der Waals surface area contributed by atoms with Crippen LogP contribution >= 0.6 is 0 Å². The van der Waals surface area contributed by atoms with Gasteiger partial charge in [0.05, 0.1) is 7.11 Å². The highest BCUT2D eigenvalue weighted by Gasteiger charge is 2.29. The molecule has 86 valence electrons. The molecule has 1 saturated carbocycles. The lowest BCUT2D eigenvalue weighted by Crippen LogP contribution is -2.42. The molecule has 4 heteroatoms. The van der Waals surface area contributed by atoms with E-state index in [2.05, 4.69) is 4.74 Å². The zero-order valence-electron chi connectivity index (χ0n) is 9.49. The molecule has 0 unspecified atom stereocenters. The average molecular weight is 213 g/mol. The lowest BCUT2D eigenvalue weighted by molar-refractivity contribution is -0.149. The zero-order chi connectivity index (χ0) is 11.3. The van der Waals surface area contributed by atoms with Crippen LogP contribution in [0.3, 0.4) is 0 Å². The molecule has 1 fully saturated rings. The fourth-order valence-corrected chi connectivity index (χ4v) is 1.67. The van der Waals surface area contributed by atoms with Gasteiger partial charge in [0.15, 0.2) is 0 Å². The van der Waals surface area contributed by atoms with Gasteiger partial charge in [0.25, 0.3) is 0 Å². The molecule has 0 aromatic carbocycles. The van der Waals surface area contributed by atoms with Crippen LogP contribution in [0.15, 0.2) is 0 Å². The van der Waals surface area contributed by atoms with Crippen molar-refractivity contribution in [3.8, 4) is 0 Å². The Labute approximate surface area is 90.6 Å². The standard InChI is InChI=1S/C11H19NO3/c1-3-7-12(8-10(13)15-2)11(14)9-5-4-6-9/h9H,3-8H2,1-2H3. The molecular formula is C11H19NO3. The molecule has 1 aliphatic rings. The predicted molar refractivity (Wildman–Crippen MR) is 56.2 cm³/mol. The van der Waals surface area contributed by atoms with Gasteiger partial charge in [-0.25, -0.2) is 0 Å². The van der Waals surface area contributed by atoms with Crippen LogP contribution < -0.4 is 0 Å². The Balaban J connectivity index is 2.47. The topological polar surface area (TPSA) is 46.6 Å². The molecule has 15 heavy (non-hydrogen) atoms. The van der Waals surface area contributed by atoms with Gasteiger partial charge in [0, 0.05) is 12.5 Å². The van der Waals surface area contributed by atoms with Gasteiger partial charge in [-0.05, 0) is 19.3 Å². The van der Waals surface area contributed by atoms with Crippen LogP contribution in [0.1, 0.15) is 32.6 Å². The first-order valence-electron chi connectivity index (χ1n) is 5.54. The van der Waals surface area contributed by atoms with E-state index in [1.54, 1.807) is 4.90 Å². The number of rotatable bonds is 5. The molecule has 0 aromatic heterocycles. The van der Waals surface area contributed by atoms with E-state index in [0.29, 0.717) is 6.54 Å². The molecular weight excluding hydrogens is 194 g/mol. The number of hydrogen-bond acceptors (Lipinski definition) is 3. The highest BCUT2D eigenvalue weighted by molar-refractivity contribution is 5.84. The largest absolute Gasteiger partial charge is 0.468 e. The number of hydrogen-bond donors (Lipinski definition) is 0. The van der Waals surface area contributed by atoms with Crippen molar-refractivity contribution in [2.75, 3.05) is 20.2 Å². The fourth-order valence-electron chi connectivity index (χ4n) is 1.67. The number of carbonyl (C=O) groups excluding carboxylic acids is 2. The Hall–Kier alpha value is -1.06. The average Bonchev–Trinajstić information content (AvgIpc) is 2.14. The van der Waals surface area contributed by atoms with Crippen LogP contribution in [0, 0.1) is 5.92 Å². The normalized spacial score (nSPS) is 15.6. The molecule has 0 N–H and O–H groups in total. The monoisotopic (exact) mass is 213 g/mol. The van der Waals surface area contributed by atoms with Crippen molar-refractivity contribution in [1.29, 1.82) is 0 Å². The smallest absolute Gasteiger partial charge is 0.325 e. The molecule has 0 aromatic rings. The molecule has 1 amide bonds. The van der Waals surface area contributed by atoms with Crippen molar-refractivity contribution in [2.45, 2.75) is 32.6 Å². The second kappa shape index (κ2) is 5.73. The first-order valence-corrected chi connectivity index (χ1v) is 5.54. The van der Waals surface area contributed by atoms with Crippen LogP contribution in [0.2, 0.25) is 0 Å². The van der Waals surface area contributed by atoms with Crippen LogP contribution in [0.5, 0.6) is 0 Å². The van der Waals surface area contributed by atoms with Gasteiger partial charge in [-0.2, -0.15) is 0 Å². The summed E-state index contributed by atoms with van der Waals surface area (Å²) < 4.78 is 4.58. The number of ether oxygens (including phenoxy) is 1. The molecule has 0 radical (unpaired) electrons. The minimum Gasteiger partial charge on any atom is -0.468 e. The number of esters is 1. The summed E-state index contributed by atoms with van der Waals surface area (Å²) in [6.45, 7) is 2.74. The van der Waals surface area contributed by atoms with Gasteiger partial charge < -0.3 is 9.64 Å². The van der Waals surface area contributed by atoms with Crippen molar-refractivity contribution < 1.29 is 14.3 Å². The summed E-state index contributed by atoms with van der Waals surface area (Å²) in [5, 5.41) is 0. The number of nitrogens with zero attached hydrogens (tertiary/aromatic N) is 1. The quantitative estimate of drug-likeness (QED) is 0.645. The van der Waals surface area contributed by atoms with Gasteiger partial charge in [0.2, 0.25) is 5.91 Å². The third-order valence-electron chi connectivity index (χ3n) is 2.81. The molecule has 0 heterocycles. The summed E-state index contributed by atoms with van der Waals surface area (Å²) in [6, 6.07) is 0. The van der Waals surface area contributed by atoms with Crippen LogP contribution in [-0.2, 0) is 14.3 Å². The molecule has 0 saturated heterocycles. The predicted octanol–water partition coefficient (Wildman–Crippen LogP) is 1.20. The van der Waals surface area contributed by atoms with E-state index in [4.69, 9.17) is 0 Å². The molecule has 0 atom stereocenters. The number of methoxy groups -OCH3 is 1. The van der Waals surface area contributed by atoms with Crippen LogP contribution in [0.25, 0.3) is 0 Å². The van der Waals surface area contributed by atoms with Gasteiger partial charge in [0.1, 0.15) is 6.54 Å². The van der Waals surface area contributed by atoms with E-state index < -0.39 is 0 Å². The summed E-state index contributed by atoms with van der Waals surface area (Å²) in [4.78, 5) is 24.6. The Morgan fingerprint density at radius 1 is 1.40 bits per heavy atom. The third kappa shape index (κ3) is 3.22. The van der Waals surface area contributed by atoms with Crippen molar-refractivity contribution in [1.82, 2.24) is 4.90 Å². The summed E-state index contributed by atoms with van der Waals surface area (Å²) in [6.07, 6.45) is 3.95.